The lowest BCUT2D eigenvalue weighted by atomic mass is 9.84. The predicted octanol–water partition coefficient (Wildman–Crippen LogP) is 23.4. The quantitative estimate of drug-likeness (QED) is 0.173. The summed E-state index contributed by atoms with van der Waals surface area (Å²) < 4.78 is 3.28. The minimum atomic E-state index is -0.295. The molecule has 0 amide bonds. The highest BCUT2D eigenvalue weighted by Gasteiger charge is 2.46. The van der Waals surface area contributed by atoms with Crippen LogP contribution < -0.4 is 10.2 Å². The van der Waals surface area contributed by atoms with Gasteiger partial charge in [-0.3, -0.25) is 0 Å². The summed E-state index contributed by atoms with van der Waals surface area (Å²) in [7, 11) is 0. The maximum Gasteiger partial charge on any atom is 0.0933 e. The van der Waals surface area contributed by atoms with Crippen molar-refractivity contribution >= 4 is 97.8 Å². The van der Waals surface area contributed by atoms with Crippen molar-refractivity contribution in [1.29, 1.82) is 0 Å². The molecule has 4 aliphatic carbocycles. The number of aromatic nitrogens is 4. The third-order valence-electron chi connectivity index (χ3n) is 17.9. The topological polar surface area (TPSA) is 66.8 Å². The van der Waals surface area contributed by atoms with E-state index < -0.39 is 0 Å². The van der Waals surface area contributed by atoms with E-state index >= 15 is 0 Å². The van der Waals surface area contributed by atoms with Gasteiger partial charge >= 0.3 is 0 Å². The second-order valence-corrected chi connectivity index (χ2v) is 27.5. The van der Waals surface area contributed by atoms with E-state index in [1.807, 2.05) is 18.2 Å². The first-order valence-corrected chi connectivity index (χ1v) is 31.3. The minimum Gasteiger partial charge on any atom is -0.358 e. The van der Waals surface area contributed by atoms with Crippen molar-refractivity contribution in [3.05, 3.63) is 284 Å². The Balaban J connectivity index is 0.000000148. The third kappa shape index (κ3) is 10.3. The molecule has 0 aliphatic heterocycles. The van der Waals surface area contributed by atoms with E-state index in [0.29, 0.717) is 0 Å². The molecule has 440 valence electrons. The van der Waals surface area contributed by atoms with Crippen molar-refractivity contribution < 1.29 is 0 Å². The van der Waals surface area contributed by atoms with Gasteiger partial charge < -0.3 is 17.6 Å². The average Bonchev–Trinajstić information content (AvgIpc) is 1.57. The Kier molecular flexibility index (Phi) is 16.2. The molecule has 2 aromatic heterocycles. The van der Waals surface area contributed by atoms with Crippen molar-refractivity contribution in [2.75, 3.05) is 10.2 Å². The number of nitrogens with zero attached hydrogens (tertiary/aromatic N) is 5. The number of halogens is 3. The predicted molar refractivity (Wildman–Crippen MR) is 383 cm³/mol. The van der Waals surface area contributed by atoms with Crippen molar-refractivity contribution in [3.8, 4) is 45.0 Å². The van der Waals surface area contributed by atoms with Crippen LogP contribution in [0.4, 0.5) is 28.4 Å². The number of rotatable bonds is 5. The monoisotopic (exact) mass is 1340 g/mol. The molecule has 0 saturated heterocycles. The Morgan fingerprint density at radius 3 is 1.07 bits per heavy atom. The highest BCUT2D eigenvalue weighted by atomic mass is 79.9. The molecule has 0 saturated carbocycles. The van der Waals surface area contributed by atoms with Gasteiger partial charge in [-0.25, -0.2) is 19.9 Å². The highest BCUT2D eigenvalue weighted by Crippen LogP contribution is 2.56. The van der Waals surface area contributed by atoms with Crippen LogP contribution in [0.3, 0.4) is 0 Å². The van der Waals surface area contributed by atoms with E-state index in [1.54, 1.807) is 0 Å². The molecule has 4 aliphatic rings. The number of fused-ring (bicyclic) bond motifs is 14. The van der Waals surface area contributed by atoms with Crippen LogP contribution in [0, 0.1) is 7.43 Å². The largest absolute Gasteiger partial charge is 0.358 e. The second-order valence-electron chi connectivity index (χ2n) is 24.8. The number of anilines is 5. The molecule has 0 atom stereocenters. The lowest BCUT2D eigenvalue weighted by Crippen LogP contribution is -2.20. The Labute approximate surface area is 545 Å². The molecule has 10 aromatic carbocycles. The van der Waals surface area contributed by atoms with Gasteiger partial charge in [0.15, 0.2) is 0 Å². The molecule has 0 fully saturated rings. The number of hydrogen-bond donors (Lipinski definition) is 1. The fourth-order valence-corrected chi connectivity index (χ4v) is 14.4. The van der Waals surface area contributed by atoms with Crippen molar-refractivity contribution in [3.63, 3.8) is 0 Å². The molecule has 6 nitrogen and oxygen atoms in total. The van der Waals surface area contributed by atoms with Crippen LogP contribution in [-0.2, 0) is 21.7 Å². The molecule has 16 rings (SSSR count). The Bertz CT molecular complexity index is 4600. The van der Waals surface area contributed by atoms with Gasteiger partial charge in [0.05, 0.1) is 45.6 Å². The first-order valence-electron chi connectivity index (χ1n) is 28.9. The van der Waals surface area contributed by atoms with Gasteiger partial charge in [-0.2, -0.15) is 0 Å². The molecule has 0 spiro atoms. The summed E-state index contributed by atoms with van der Waals surface area (Å²) in [5.74, 6) is 0. The first-order chi connectivity index (χ1) is 40.9. The third-order valence-corrected chi connectivity index (χ3v) is 19.4. The molecule has 12 aromatic rings. The zero-order valence-electron chi connectivity index (χ0n) is 49.7. The smallest absolute Gasteiger partial charge is 0.0933 e. The Hall–Kier alpha value is -8.08. The Morgan fingerprint density at radius 1 is 0.307 bits per heavy atom. The van der Waals surface area contributed by atoms with Gasteiger partial charge in [0.25, 0.3) is 0 Å². The maximum atomic E-state index is 5.40. The summed E-state index contributed by atoms with van der Waals surface area (Å²) in [6.45, 7) is 18.1. The summed E-state index contributed by atoms with van der Waals surface area (Å²) in [4.78, 5) is 23.6. The summed E-state index contributed by atoms with van der Waals surface area (Å²) in [5, 5.41) is 8.39. The summed E-state index contributed by atoms with van der Waals surface area (Å²) in [6.07, 6.45) is 0. The van der Waals surface area contributed by atoms with Crippen molar-refractivity contribution in [2.45, 2.75) is 91.9 Å². The number of hydrogen-bond acceptors (Lipinski definition) is 6. The zero-order valence-corrected chi connectivity index (χ0v) is 54.4. The lowest BCUT2D eigenvalue weighted by molar-refractivity contribution is 0.617. The summed E-state index contributed by atoms with van der Waals surface area (Å²) in [6, 6.07) is 77.2. The number of para-hydroxylation sites is 2. The Morgan fingerprint density at radius 2 is 0.636 bits per heavy atom. The van der Waals surface area contributed by atoms with Gasteiger partial charge in [-0.05, 0) is 141 Å². The molecule has 0 unspecified atom stereocenters. The van der Waals surface area contributed by atoms with Gasteiger partial charge in [-0.15, -0.1) is 0 Å². The van der Waals surface area contributed by atoms with Crippen LogP contribution in [-0.4, -0.2) is 19.9 Å². The van der Waals surface area contributed by atoms with Crippen LogP contribution >= 0.6 is 47.8 Å². The van der Waals surface area contributed by atoms with E-state index in [4.69, 9.17) is 19.9 Å². The number of nitrogens with one attached hydrogen (secondary N) is 1. The van der Waals surface area contributed by atoms with E-state index in [2.05, 4.69) is 314 Å². The van der Waals surface area contributed by atoms with E-state index in [9.17, 15) is 0 Å². The van der Waals surface area contributed by atoms with Crippen LogP contribution in [0.5, 0.6) is 0 Å². The fraction of sp³-hybridized carbons (Fsp3) is 0.177. The van der Waals surface area contributed by atoms with Gasteiger partial charge in [0.1, 0.15) is 0 Å². The molecule has 2 heterocycles. The highest BCUT2D eigenvalue weighted by molar-refractivity contribution is 9.11. The molecule has 0 bridgehead atoms. The van der Waals surface area contributed by atoms with Gasteiger partial charge in [-0.1, -0.05) is 239 Å². The summed E-state index contributed by atoms with van der Waals surface area (Å²) >= 11 is 10.9. The molecule has 0 radical (unpaired) electrons. The molecule has 9 heteroatoms. The van der Waals surface area contributed by atoms with Crippen LogP contribution in [0.2, 0.25) is 0 Å². The number of benzene rings is 10. The minimum absolute atomic E-state index is 0. The standard InChI is InChI=1S/C38H30BrN3.C22H18Br2N2.C16H13N.2CH4.CH3/c1-37(2)31-21-25(39)15-18-29(31)33-35(37)41-34-30-19-17-28(22-32(30)38(3,4)36(34)40-33)42(26-12-6-5-7-13-26)27-16-14-23-10-8-9-11-24(23)20-27;1-21(2)15-9-11(23)5-7-13(15)17-19(21)25-18-14-8-6-12(24)10-16(14)22(3,4)20(18)26-17;1-2-8-15(9-3-1)17-16-11-10-13-6-4-5-7-14(13)12-16;;;/h5-22H,1-4H3;5-10H,1-4H3;1-12,17H;2*1H4;1H3/q;;;;;-1. The van der Waals surface area contributed by atoms with Crippen LogP contribution in [0.25, 0.3) is 66.6 Å². The van der Waals surface area contributed by atoms with E-state index in [1.165, 1.54) is 66.1 Å². The fourth-order valence-electron chi connectivity index (χ4n) is 13.3. The molecular weight excluding hydrogens is 1270 g/mol. The second kappa shape index (κ2) is 23.1. The summed E-state index contributed by atoms with van der Waals surface area (Å²) in [5.41, 5.74) is 23.1. The molecule has 1 N–H and O–H groups in total. The average molecular weight is 1350 g/mol. The van der Waals surface area contributed by atoms with Crippen LogP contribution in [0.15, 0.2) is 232 Å². The van der Waals surface area contributed by atoms with E-state index in [-0.39, 0.29) is 43.9 Å². The molecular formula is C79H72Br3N6-. The molecule has 88 heavy (non-hydrogen) atoms. The SMILES string of the molecule is C.C.CC1(C)c2cc(Br)ccc2-c2nc3c(nc21)-c1ccc(Br)cc1C3(C)C.CC1(C)c2cc(Br)ccc2-c2nc3c(nc21)-c1ccc(N(c2ccccc2)c2ccc4ccccc4c2)cc1C3(C)C.[CH3-].c1ccc(Nc2ccc3ccccc3c2)cc1. The normalized spacial score (nSPS) is 14.4. The van der Waals surface area contributed by atoms with Crippen molar-refractivity contribution in [1.82, 2.24) is 19.9 Å². The van der Waals surface area contributed by atoms with Crippen molar-refractivity contribution in [2.24, 2.45) is 0 Å². The zero-order chi connectivity index (χ0) is 58.7. The van der Waals surface area contributed by atoms with Crippen LogP contribution in [0.1, 0.15) is 115 Å². The van der Waals surface area contributed by atoms with Gasteiger partial charge in [0.2, 0.25) is 0 Å². The van der Waals surface area contributed by atoms with E-state index in [0.717, 1.165) is 87.4 Å². The lowest BCUT2D eigenvalue weighted by Gasteiger charge is -2.28. The van der Waals surface area contributed by atoms with Gasteiger partial charge in [0, 0.05) is 85.8 Å². The maximum absolute atomic E-state index is 5.40. The first kappa shape index (κ1) is 61.6.